The first-order valence-corrected chi connectivity index (χ1v) is 11.1. The second kappa shape index (κ2) is 8.11. The topological polar surface area (TPSA) is 108 Å². The summed E-state index contributed by atoms with van der Waals surface area (Å²) in [5, 5.41) is 11.2. The molecule has 10 heteroatoms. The quantitative estimate of drug-likeness (QED) is 0.525. The normalized spacial score (nSPS) is 19.3. The Kier molecular flexibility index (Phi) is 5.52. The van der Waals surface area contributed by atoms with Crippen LogP contribution in [0.5, 0.6) is 17.2 Å². The predicted molar refractivity (Wildman–Crippen MR) is 108 cm³/mol. The number of hydrogen-bond acceptors (Lipinski definition) is 7. The van der Waals surface area contributed by atoms with Gasteiger partial charge in [0.2, 0.25) is 10.0 Å². The lowest BCUT2D eigenvalue weighted by molar-refractivity contribution is -0.385. The van der Waals surface area contributed by atoms with Gasteiger partial charge in [0.25, 0.3) is 5.69 Å². The highest BCUT2D eigenvalue weighted by Gasteiger charge is 2.38. The van der Waals surface area contributed by atoms with E-state index in [0.29, 0.717) is 44.1 Å². The molecule has 1 fully saturated rings. The van der Waals surface area contributed by atoms with Crippen LogP contribution >= 0.6 is 0 Å². The number of ether oxygens (including phenoxy) is 3. The summed E-state index contributed by atoms with van der Waals surface area (Å²) >= 11 is 0. The van der Waals surface area contributed by atoms with Crippen molar-refractivity contribution in [3.63, 3.8) is 0 Å². The molecule has 0 spiro atoms. The Morgan fingerprint density at radius 2 is 1.87 bits per heavy atom. The van der Waals surface area contributed by atoms with Crippen molar-refractivity contribution in [2.75, 3.05) is 26.9 Å². The minimum atomic E-state index is -4.03. The molecule has 30 heavy (non-hydrogen) atoms. The molecular weight excluding hydrogens is 412 g/mol. The molecule has 9 nitrogen and oxygen atoms in total. The summed E-state index contributed by atoms with van der Waals surface area (Å²) in [5.74, 6) is 1.32. The van der Waals surface area contributed by atoms with Crippen LogP contribution in [0, 0.1) is 10.1 Å². The Balaban J connectivity index is 1.72. The van der Waals surface area contributed by atoms with Gasteiger partial charge in [-0.05, 0) is 36.6 Å². The van der Waals surface area contributed by atoms with Gasteiger partial charge in [0.05, 0.1) is 31.3 Å². The Bertz CT molecular complexity index is 1070. The molecule has 0 unspecified atom stereocenters. The van der Waals surface area contributed by atoms with Crippen LogP contribution in [0.15, 0.2) is 41.3 Å². The highest BCUT2D eigenvalue weighted by Crippen LogP contribution is 2.42. The second-order valence-corrected chi connectivity index (χ2v) is 8.98. The van der Waals surface area contributed by atoms with E-state index < -0.39 is 21.0 Å². The van der Waals surface area contributed by atoms with Gasteiger partial charge < -0.3 is 14.2 Å². The molecule has 4 rings (SSSR count). The van der Waals surface area contributed by atoms with Crippen molar-refractivity contribution >= 4 is 15.7 Å². The van der Waals surface area contributed by atoms with E-state index in [1.54, 1.807) is 6.07 Å². The summed E-state index contributed by atoms with van der Waals surface area (Å²) < 4.78 is 44.9. The summed E-state index contributed by atoms with van der Waals surface area (Å²) in [7, 11) is -2.69. The third-order valence-corrected chi connectivity index (χ3v) is 7.23. The minimum absolute atomic E-state index is 0.0740. The largest absolute Gasteiger partial charge is 0.495 e. The number of nitro benzene ring substituents is 1. The Morgan fingerprint density at radius 3 is 2.60 bits per heavy atom. The second-order valence-electron chi connectivity index (χ2n) is 7.12. The van der Waals surface area contributed by atoms with E-state index in [1.807, 2.05) is 12.1 Å². The van der Waals surface area contributed by atoms with E-state index in [4.69, 9.17) is 14.2 Å². The van der Waals surface area contributed by atoms with Gasteiger partial charge in [-0.2, -0.15) is 4.31 Å². The molecule has 0 saturated carbocycles. The molecule has 0 N–H and O–H groups in total. The van der Waals surface area contributed by atoms with Crippen molar-refractivity contribution in [3.05, 3.63) is 52.1 Å². The molecule has 2 aliphatic heterocycles. The van der Waals surface area contributed by atoms with Crippen molar-refractivity contribution in [2.45, 2.75) is 30.2 Å². The lowest BCUT2D eigenvalue weighted by atomic mass is 10.0. The van der Waals surface area contributed by atoms with Gasteiger partial charge in [0.1, 0.15) is 10.6 Å². The number of nitrogens with zero attached hydrogens (tertiary/aromatic N) is 2. The van der Waals surface area contributed by atoms with Crippen LogP contribution in [-0.4, -0.2) is 44.5 Å². The molecule has 0 radical (unpaired) electrons. The number of rotatable bonds is 5. The number of benzene rings is 2. The summed E-state index contributed by atoms with van der Waals surface area (Å²) in [6.45, 7) is 1.42. The Morgan fingerprint density at radius 1 is 1.10 bits per heavy atom. The summed E-state index contributed by atoms with van der Waals surface area (Å²) in [6, 6.07) is 8.65. The highest BCUT2D eigenvalue weighted by atomic mass is 32.2. The molecule has 2 aromatic carbocycles. The maximum Gasteiger partial charge on any atom is 0.271 e. The fourth-order valence-corrected chi connectivity index (χ4v) is 5.71. The van der Waals surface area contributed by atoms with E-state index in [2.05, 4.69) is 0 Å². The van der Waals surface area contributed by atoms with Gasteiger partial charge in [-0.15, -0.1) is 0 Å². The van der Waals surface area contributed by atoms with Gasteiger partial charge in [0, 0.05) is 25.1 Å². The van der Waals surface area contributed by atoms with E-state index in [-0.39, 0.29) is 16.3 Å². The van der Waals surface area contributed by atoms with Gasteiger partial charge in [0.15, 0.2) is 11.5 Å². The number of nitro groups is 1. The standard InChI is InChI=1S/C20H22N2O7S/c1-27-18-8-6-15(22(23)24)13-20(18)30(25,26)21-9-2-4-16(21)14-5-7-17-19(12-14)29-11-3-10-28-17/h5-8,12-13,16H,2-4,9-11H2,1H3/t16-/m0/s1. The average Bonchev–Trinajstić information content (AvgIpc) is 3.13. The number of hydrogen-bond donors (Lipinski definition) is 0. The first-order valence-electron chi connectivity index (χ1n) is 9.65. The fourth-order valence-electron chi connectivity index (χ4n) is 3.85. The zero-order chi connectivity index (χ0) is 21.3. The summed E-state index contributed by atoms with van der Waals surface area (Å²) in [4.78, 5) is 10.4. The molecule has 160 valence electrons. The number of methoxy groups -OCH3 is 1. The van der Waals surface area contributed by atoms with Crippen molar-refractivity contribution in [2.24, 2.45) is 0 Å². The third-order valence-electron chi connectivity index (χ3n) is 5.30. The number of non-ortho nitro benzene ring substituents is 1. The Hall–Kier alpha value is -2.85. The highest BCUT2D eigenvalue weighted by molar-refractivity contribution is 7.89. The monoisotopic (exact) mass is 434 g/mol. The molecule has 0 amide bonds. The zero-order valence-electron chi connectivity index (χ0n) is 16.4. The van der Waals surface area contributed by atoms with E-state index in [9.17, 15) is 18.5 Å². The van der Waals surface area contributed by atoms with E-state index >= 15 is 0 Å². The summed E-state index contributed by atoms with van der Waals surface area (Å²) in [6.07, 6.45) is 2.09. The molecule has 0 aliphatic carbocycles. The third kappa shape index (κ3) is 3.68. The number of fused-ring (bicyclic) bond motifs is 1. The van der Waals surface area contributed by atoms with Gasteiger partial charge in [-0.1, -0.05) is 6.07 Å². The van der Waals surface area contributed by atoms with Gasteiger partial charge in [-0.25, -0.2) is 8.42 Å². The maximum atomic E-state index is 13.5. The predicted octanol–water partition coefficient (Wildman–Crippen LogP) is 3.29. The molecule has 1 saturated heterocycles. The summed E-state index contributed by atoms with van der Waals surface area (Å²) in [5.41, 5.74) is 0.491. The van der Waals surface area contributed by atoms with E-state index in [0.717, 1.165) is 18.1 Å². The SMILES string of the molecule is COc1ccc([N+](=O)[O-])cc1S(=O)(=O)N1CCC[C@H]1c1ccc2c(c1)OCCCO2. The minimum Gasteiger partial charge on any atom is -0.495 e. The lowest BCUT2D eigenvalue weighted by Gasteiger charge is -2.25. The van der Waals surface area contributed by atoms with Crippen LogP contribution in [0.4, 0.5) is 5.69 Å². The van der Waals surface area contributed by atoms with E-state index in [1.165, 1.54) is 23.5 Å². The molecular formula is C20H22N2O7S. The Labute approximate surface area is 174 Å². The van der Waals surface area contributed by atoms with Crippen molar-refractivity contribution in [1.29, 1.82) is 0 Å². The van der Waals surface area contributed by atoms with Crippen LogP contribution < -0.4 is 14.2 Å². The number of sulfonamides is 1. The lowest BCUT2D eigenvalue weighted by Crippen LogP contribution is -2.31. The first-order chi connectivity index (χ1) is 14.4. The van der Waals surface area contributed by atoms with Crippen LogP contribution in [0.25, 0.3) is 0 Å². The maximum absolute atomic E-state index is 13.5. The van der Waals surface area contributed by atoms with Crippen LogP contribution in [0.3, 0.4) is 0 Å². The molecule has 0 aromatic heterocycles. The van der Waals surface area contributed by atoms with Crippen LogP contribution in [0.2, 0.25) is 0 Å². The van der Waals surface area contributed by atoms with Crippen molar-refractivity contribution < 1.29 is 27.6 Å². The molecule has 0 bridgehead atoms. The van der Waals surface area contributed by atoms with Crippen LogP contribution in [0.1, 0.15) is 30.9 Å². The van der Waals surface area contributed by atoms with Gasteiger partial charge >= 0.3 is 0 Å². The smallest absolute Gasteiger partial charge is 0.271 e. The zero-order valence-corrected chi connectivity index (χ0v) is 17.3. The van der Waals surface area contributed by atoms with Crippen molar-refractivity contribution in [3.8, 4) is 17.2 Å². The molecule has 2 heterocycles. The average molecular weight is 434 g/mol. The fraction of sp³-hybridized carbons (Fsp3) is 0.400. The van der Waals surface area contributed by atoms with Crippen LogP contribution in [-0.2, 0) is 10.0 Å². The molecule has 2 aromatic rings. The van der Waals surface area contributed by atoms with Crippen molar-refractivity contribution in [1.82, 2.24) is 4.31 Å². The molecule has 1 atom stereocenters. The molecule has 2 aliphatic rings. The van der Waals surface area contributed by atoms with Gasteiger partial charge in [-0.3, -0.25) is 10.1 Å². The first kappa shape index (κ1) is 20.4.